The summed E-state index contributed by atoms with van der Waals surface area (Å²) in [6, 6.07) is 3.03. The van der Waals surface area contributed by atoms with Gasteiger partial charge in [-0.25, -0.2) is 13.8 Å². The number of methoxy groups -OCH3 is 2. The maximum Gasteiger partial charge on any atom is 0.171 e. The van der Waals surface area contributed by atoms with Crippen LogP contribution in [0.3, 0.4) is 0 Å². The Morgan fingerprint density at radius 2 is 1.81 bits per heavy atom. The number of nitrogens with two attached hydrogens (primary N) is 1. The van der Waals surface area contributed by atoms with E-state index >= 15 is 0 Å². The fraction of sp³-hybridized carbons (Fsp3) is 0.304. The summed E-state index contributed by atoms with van der Waals surface area (Å²) < 4.78 is 39.8. The number of aliphatic hydroxyl groups excluding tert-OH is 1. The van der Waals surface area contributed by atoms with E-state index in [1.807, 2.05) is 6.07 Å². The van der Waals surface area contributed by atoms with Gasteiger partial charge in [-0.15, -0.1) is 0 Å². The van der Waals surface area contributed by atoms with Crippen LogP contribution in [0.5, 0.6) is 11.5 Å². The molecule has 2 heterocycles. The molecule has 0 saturated carbocycles. The molecule has 0 saturated heterocycles. The largest absolute Gasteiger partial charge is 0.494 e. The second-order valence-electron chi connectivity index (χ2n) is 7.25. The number of aliphatic imine (C=N–C) groups is 1. The lowest BCUT2D eigenvalue weighted by Crippen LogP contribution is -2.07. The van der Waals surface area contributed by atoms with Crippen molar-refractivity contribution in [2.45, 2.75) is 20.3 Å². The van der Waals surface area contributed by atoms with Crippen LogP contribution in [0.4, 0.5) is 8.78 Å². The molecule has 3 rings (SSSR count). The van der Waals surface area contributed by atoms with Crippen LogP contribution in [-0.4, -0.2) is 48.2 Å². The summed E-state index contributed by atoms with van der Waals surface area (Å²) in [4.78, 5) is 11.8. The SMILES string of the molecule is COc1cc(OC)c(F)c(Cc2c[nH]c3ncc(/C(C(C)=NCCO)=C(\C)N)cc23)c1F. The molecule has 0 fully saturated rings. The Labute approximate surface area is 184 Å². The molecular weight excluding hydrogens is 418 g/mol. The Morgan fingerprint density at radius 3 is 2.38 bits per heavy atom. The van der Waals surface area contributed by atoms with Gasteiger partial charge in [0, 0.05) is 58.4 Å². The van der Waals surface area contributed by atoms with Gasteiger partial charge in [0.2, 0.25) is 0 Å². The highest BCUT2D eigenvalue weighted by molar-refractivity contribution is 6.23. The molecule has 3 aromatic rings. The number of allylic oxidation sites excluding steroid dienone is 2. The molecule has 0 unspecified atom stereocenters. The zero-order valence-corrected chi connectivity index (χ0v) is 18.4. The first kappa shape index (κ1) is 23.2. The summed E-state index contributed by atoms with van der Waals surface area (Å²) >= 11 is 0. The predicted octanol–water partition coefficient (Wildman–Crippen LogP) is 3.59. The van der Waals surface area contributed by atoms with Crippen molar-refractivity contribution in [3.8, 4) is 11.5 Å². The quantitative estimate of drug-likeness (QED) is 0.461. The number of nitrogens with zero attached hydrogens (tertiary/aromatic N) is 2. The third-order valence-corrected chi connectivity index (χ3v) is 5.14. The summed E-state index contributed by atoms with van der Waals surface area (Å²) in [6.45, 7) is 3.73. The minimum Gasteiger partial charge on any atom is -0.494 e. The third-order valence-electron chi connectivity index (χ3n) is 5.14. The Hall–Kier alpha value is -3.46. The van der Waals surface area contributed by atoms with Gasteiger partial charge in [0.25, 0.3) is 0 Å². The number of pyridine rings is 1. The van der Waals surface area contributed by atoms with Crippen LogP contribution in [0, 0.1) is 11.6 Å². The minimum absolute atomic E-state index is 0.0470. The second kappa shape index (κ2) is 9.78. The van der Waals surface area contributed by atoms with Gasteiger partial charge in [-0.05, 0) is 25.5 Å². The molecule has 0 bridgehead atoms. The van der Waals surface area contributed by atoms with Gasteiger partial charge in [0.15, 0.2) is 23.1 Å². The number of benzene rings is 1. The third kappa shape index (κ3) is 4.43. The van der Waals surface area contributed by atoms with Gasteiger partial charge >= 0.3 is 0 Å². The lowest BCUT2D eigenvalue weighted by Gasteiger charge is -2.13. The number of rotatable bonds is 8. The van der Waals surface area contributed by atoms with E-state index in [-0.39, 0.29) is 36.6 Å². The number of hydrogen-bond acceptors (Lipinski definition) is 6. The average molecular weight is 444 g/mol. The van der Waals surface area contributed by atoms with Crippen LogP contribution < -0.4 is 15.2 Å². The smallest absolute Gasteiger partial charge is 0.171 e. The number of ether oxygens (including phenoxy) is 2. The number of fused-ring (bicyclic) bond motifs is 1. The average Bonchev–Trinajstić information content (AvgIpc) is 3.17. The number of halogens is 2. The lowest BCUT2D eigenvalue weighted by molar-refractivity contribution is 0.307. The first-order valence-corrected chi connectivity index (χ1v) is 9.96. The molecule has 0 amide bonds. The number of aromatic amines is 1. The molecule has 9 heteroatoms. The van der Waals surface area contributed by atoms with Crippen molar-refractivity contribution in [1.82, 2.24) is 9.97 Å². The number of hydrogen-bond donors (Lipinski definition) is 3. The molecular formula is C23H26F2N4O3. The lowest BCUT2D eigenvalue weighted by atomic mass is 9.98. The van der Waals surface area contributed by atoms with E-state index in [1.54, 1.807) is 26.2 Å². The van der Waals surface area contributed by atoms with Crippen LogP contribution >= 0.6 is 0 Å². The van der Waals surface area contributed by atoms with Crippen molar-refractivity contribution in [2.75, 3.05) is 27.4 Å². The zero-order chi connectivity index (χ0) is 23.4. The molecule has 0 radical (unpaired) electrons. The van der Waals surface area contributed by atoms with Gasteiger partial charge in [-0.2, -0.15) is 0 Å². The Balaban J connectivity index is 2.11. The van der Waals surface area contributed by atoms with Gasteiger partial charge in [0.1, 0.15) is 5.65 Å². The summed E-state index contributed by atoms with van der Waals surface area (Å²) in [5, 5.41) is 9.76. The zero-order valence-electron chi connectivity index (χ0n) is 18.4. The summed E-state index contributed by atoms with van der Waals surface area (Å²) in [5.41, 5.74) is 9.74. The molecule has 1 aromatic carbocycles. The summed E-state index contributed by atoms with van der Waals surface area (Å²) in [5.74, 6) is -1.77. The van der Waals surface area contributed by atoms with Crippen molar-refractivity contribution >= 4 is 22.3 Å². The van der Waals surface area contributed by atoms with E-state index in [9.17, 15) is 8.78 Å². The highest BCUT2D eigenvalue weighted by Gasteiger charge is 2.22. The van der Waals surface area contributed by atoms with E-state index in [4.69, 9.17) is 20.3 Å². The number of nitrogens with one attached hydrogen (secondary N) is 1. The topological polar surface area (TPSA) is 106 Å². The minimum atomic E-state index is -0.783. The molecule has 2 aromatic heterocycles. The fourth-order valence-electron chi connectivity index (χ4n) is 3.64. The van der Waals surface area contributed by atoms with E-state index in [1.165, 1.54) is 20.3 Å². The Morgan fingerprint density at radius 1 is 1.16 bits per heavy atom. The van der Waals surface area contributed by atoms with Crippen molar-refractivity contribution in [2.24, 2.45) is 10.7 Å². The molecule has 0 spiro atoms. The first-order chi connectivity index (χ1) is 15.3. The summed E-state index contributed by atoms with van der Waals surface area (Å²) in [7, 11) is 2.62. The predicted molar refractivity (Wildman–Crippen MR) is 120 cm³/mol. The van der Waals surface area contributed by atoms with Crippen molar-refractivity contribution in [3.05, 3.63) is 58.5 Å². The molecule has 0 aliphatic rings. The Bertz CT molecular complexity index is 1170. The highest BCUT2D eigenvalue weighted by Crippen LogP contribution is 2.34. The molecule has 4 N–H and O–H groups in total. The van der Waals surface area contributed by atoms with Gasteiger partial charge < -0.3 is 25.3 Å². The van der Waals surface area contributed by atoms with Crippen LogP contribution in [0.15, 0.2) is 35.2 Å². The van der Waals surface area contributed by atoms with E-state index in [0.29, 0.717) is 39.1 Å². The van der Waals surface area contributed by atoms with Crippen LogP contribution in [-0.2, 0) is 6.42 Å². The molecule has 170 valence electrons. The van der Waals surface area contributed by atoms with E-state index < -0.39 is 11.6 Å². The first-order valence-electron chi connectivity index (χ1n) is 9.96. The van der Waals surface area contributed by atoms with Gasteiger partial charge in [-0.1, -0.05) is 0 Å². The highest BCUT2D eigenvalue weighted by atomic mass is 19.1. The van der Waals surface area contributed by atoms with Crippen molar-refractivity contribution in [1.29, 1.82) is 0 Å². The summed E-state index contributed by atoms with van der Waals surface area (Å²) in [6.07, 6.45) is 3.27. The van der Waals surface area contributed by atoms with Crippen molar-refractivity contribution in [3.63, 3.8) is 0 Å². The Kier molecular flexibility index (Phi) is 7.09. The van der Waals surface area contributed by atoms with Crippen LogP contribution in [0.25, 0.3) is 16.6 Å². The molecule has 32 heavy (non-hydrogen) atoms. The standard InChI is InChI=1S/C23H26F2N4O3/c1-12(26)20(13(2)27-5-6-30)15-8-16-14(10-28-23(16)29-11-15)7-17-21(24)18(31-3)9-19(32-4)22(17)25/h8-11,30H,5-7,26H2,1-4H3,(H,28,29)/b20-12+,27-13?. The van der Waals surface area contributed by atoms with Gasteiger partial charge in [-0.3, -0.25) is 4.99 Å². The molecule has 7 nitrogen and oxygen atoms in total. The molecule has 0 atom stereocenters. The second-order valence-corrected chi connectivity index (χ2v) is 7.25. The van der Waals surface area contributed by atoms with E-state index in [2.05, 4.69) is 15.0 Å². The number of aliphatic hydroxyl groups is 1. The normalized spacial score (nSPS) is 12.8. The monoisotopic (exact) mass is 444 g/mol. The number of aromatic nitrogens is 2. The van der Waals surface area contributed by atoms with Gasteiger partial charge in [0.05, 0.1) is 27.4 Å². The van der Waals surface area contributed by atoms with E-state index in [0.717, 1.165) is 0 Å². The number of H-pyrrole nitrogens is 1. The fourth-order valence-corrected chi connectivity index (χ4v) is 3.64. The van der Waals surface area contributed by atoms with Crippen molar-refractivity contribution < 1.29 is 23.4 Å². The maximum absolute atomic E-state index is 14.9. The molecule has 0 aliphatic carbocycles. The molecule has 0 aliphatic heterocycles. The van der Waals surface area contributed by atoms with Crippen LogP contribution in [0.2, 0.25) is 0 Å². The van der Waals surface area contributed by atoms with Crippen LogP contribution in [0.1, 0.15) is 30.5 Å². The maximum atomic E-state index is 14.9.